The Kier molecular flexibility index (Phi) is 4.71. The number of anilines is 1. The molecular weight excluding hydrogens is 322 g/mol. The number of rotatable bonds is 3. The molecule has 1 fully saturated rings. The molecule has 1 saturated heterocycles. The van der Waals surface area contributed by atoms with Gasteiger partial charge >= 0.3 is 6.09 Å². The second-order valence-corrected chi connectivity index (χ2v) is 7.38. The lowest BCUT2D eigenvalue weighted by Gasteiger charge is -2.26. The number of hydrogen-bond donors (Lipinski definition) is 1. The maximum atomic E-state index is 11.2. The van der Waals surface area contributed by atoms with E-state index in [1.807, 2.05) is 12.1 Å². The summed E-state index contributed by atoms with van der Waals surface area (Å²) in [5.41, 5.74) is 2.21. The van der Waals surface area contributed by atoms with Crippen LogP contribution in [0.2, 0.25) is 0 Å². The molecule has 1 aliphatic rings. The Hall–Kier alpha value is -2.12. The van der Waals surface area contributed by atoms with Gasteiger partial charge in [0.2, 0.25) is 0 Å². The number of carboxylic acid groups (broad SMARTS) is 1. The zero-order chi connectivity index (χ0) is 18.2. The fraction of sp³-hybridized carbons (Fsp3) is 0.556. The molecular formula is C18H25N3O4. The molecule has 0 aliphatic carbocycles. The van der Waals surface area contributed by atoms with E-state index >= 15 is 0 Å². The molecule has 0 spiro atoms. The molecule has 0 bridgehead atoms. The Bertz CT molecular complexity index is 772. The van der Waals surface area contributed by atoms with Crippen molar-refractivity contribution >= 4 is 22.8 Å². The van der Waals surface area contributed by atoms with Crippen molar-refractivity contribution in [3.05, 3.63) is 24.0 Å². The molecule has 2 aromatic rings. The largest absolute Gasteiger partial charge is 0.465 e. The quantitative estimate of drug-likeness (QED) is 0.924. The fourth-order valence-corrected chi connectivity index (χ4v) is 3.04. The van der Waals surface area contributed by atoms with Crippen LogP contribution < -0.4 is 4.90 Å². The summed E-state index contributed by atoms with van der Waals surface area (Å²) in [7, 11) is 1.53. The van der Waals surface area contributed by atoms with Crippen molar-refractivity contribution in [3.8, 4) is 0 Å². The zero-order valence-corrected chi connectivity index (χ0v) is 15.2. The monoisotopic (exact) mass is 347 g/mol. The van der Waals surface area contributed by atoms with Gasteiger partial charge in [-0.25, -0.2) is 9.78 Å². The van der Waals surface area contributed by atoms with E-state index in [-0.39, 0.29) is 11.5 Å². The summed E-state index contributed by atoms with van der Waals surface area (Å²) in [4.78, 5) is 17.2. The van der Waals surface area contributed by atoms with Crippen LogP contribution in [0.25, 0.3) is 11.0 Å². The number of carbonyl (C=O) groups is 1. The highest BCUT2D eigenvalue weighted by atomic mass is 16.6. The number of amides is 1. The van der Waals surface area contributed by atoms with Gasteiger partial charge in [-0.3, -0.25) is 4.90 Å². The van der Waals surface area contributed by atoms with Crippen LogP contribution in [0.1, 0.15) is 26.6 Å². The van der Waals surface area contributed by atoms with E-state index < -0.39 is 6.09 Å². The van der Waals surface area contributed by atoms with Crippen molar-refractivity contribution < 1.29 is 19.4 Å². The van der Waals surface area contributed by atoms with Gasteiger partial charge in [0.25, 0.3) is 0 Å². The summed E-state index contributed by atoms with van der Waals surface area (Å²) >= 11 is 0. The summed E-state index contributed by atoms with van der Waals surface area (Å²) in [5, 5.41) is 9.18. The zero-order valence-electron chi connectivity index (χ0n) is 15.2. The molecule has 7 heteroatoms. The average Bonchev–Trinajstić information content (AvgIpc) is 2.93. The minimum Gasteiger partial charge on any atom is -0.465 e. The molecule has 0 saturated carbocycles. The third kappa shape index (κ3) is 3.62. The average molecular weight is 347 g/mol. The van der Waals surface area contributed by atoms with Gasteiger partial charge in [-0.1, -0.05) is 20.8 Å². The maximum Gasteiger partial charge on any atom is 0.411 e. The van der Waals surface area contributed by atoms with Crippen LogP contribution in [0.4, 0.5) is 10.5 Å². The minimum atomic E-state index is -0.998. The first-order valence-corrected chi connectivity index (χ1v) is 8.44. The van der Waals surface area contributed by atoms with Crippen molar-refractivity contribution in [1.82, 2.24) is 9.55 Å². The molecule has 1 unspecified atom stereocenters. The van der Waals surface area contributed by atoms with Gasteiger partial charge in [-0.05, 0) is 18.2 Å². The van der Waals surface area contributed by atoms with Gasteiger partial charge in [0.1, 0.15) is 5.82 Å². The van der Waals surface area contributed by atoms with Gasteiger partial charge in [-0.15, -0.1) is 0 Å². The standard InChI is InChI=1S/C18H25N3O4/c1-18(2,3)16-19-14-9-12(20(4)17(22)23)5-6-15(14)21(16)10-13-11-24-7-8-25-13/h5-6,9,13H,7-8,10-11H2,1-4H3,(H,22,23). The molecule has 7 nitrogen and oxygen atoms in total. The number of aromatic nitrogens is 2. The predicted octanol–water partition coefficient (Wildman–Crippen LogP) is 2.86. The number of hydrogen-bond acceptors (Lipinski definition) is 4. The van der Waals surface area contributed by atoms with Gasteiger partial charge in [0.05, 0.1) is 43.5 Å². The van der Waals surface area contributed by atoms with Gasteiger partial charge in [0, 0.05) is 18.2 Å². The number of imidazole rings is 1. The van der Waals surface area contributed by atoms with Crippen LogP contribution in [0.15, 0.2) is 18.2 Å². The summed E-state index contributed by atoms with van der Waals surface area (Å²) < 4.78 is 13.5. The Morgan fingerprint density at radius 1 is 1.40 bits per heavy atom. The highest BCUT2D eigenvalue weighted by molar-refractivity contribution is 5.89. The lowest BCUT2D eigenvalue weighted by atomic mass is 9.95. The molecule has 3 rings (SSSR count). The Balaban J connectivity index is 2.04. The van der Waals surface area contributed by atoms with E-state index in [0.29, 0.717) is 32.1 Å². The predicted molar refractivity (Wildman–Crippen MR) is 95.4 cm³/mol. The highest BCUT2D eigenvalue weighted by Crippen LogP contribution is 2.29. The van der Waals surface area contributed by atoms with Crippen LogP contribution in [-0.2, 0) is 21.4 Å². The Morgan fingerprint density at radius 2 is 2.16 bits per heavy atom. The van der Waals surface area contributed by atoms with Crippen molar-refractivity contribution in [2.24, 2.45) is 0 Å². The van der Waals surface area contributed by atoms with E-state index in [1.165, 1.54) is 11.9 Å². The lowest BCUT2D eigenvalue weighted by molar-refractivity contribution is -0.0936. The van der Waals surface area contributed by atoms with Crippen molar-refractivity contribution in [2.75, 3.05) is 31.8 Å². The van der Waals surface area contributed by atoms with Gasteiger partial charge < -0.3 is 19.1 Å². The molecule has 0 radical (unpaired) electrons. The van der Waals surface area contributed by atoms with Crippen molar-refractivity contribution in [2.45, 2.75) is 38.8 Å². The number of fused-ring (bicyclic) bond motifs is 1. The third-order valence-electron chi connectivity index (χ3n) is 4.35. The van der Waals surface area contributed by atoms with E-state index in [1.54, 1.807) is 6.07 Å². The summed E-state index contributed by atoms with van der Waals surface area (Å²) in [6.45, 7) is 8.84. The normalized spacial score (nSPS) is 18.5. The van der Waals surface area contributed by atoms with Crippen LogP contribution in [-0.4, -0.2) is 53.7 Å². The first kappa shape index (κ1) is 17.7. The second-order valence-electron chi connectivity index (χ2n) is 7.38. The minimum absolute atomic E-state index is 0.00591. The first-order valence-electron chi connectivity index (χ1n) is 8.44. The number of nitrogens with zero attached hydrogens (tertiary/aromatic N) is 3. The molecule has 1 atom stereocenters. The van der Waals surface area contributed by atoms with E-state index in [2.05, 4.69) is 25.3 Å². The van der Waals surface area contributed by atoms with Crippen LogP contribution in [0.3, 0.4) is 0 Å². The first-order chi connectivity index (χ1) is 11.8. The third-order valence-corrected chi connectivity index (χ3v) is 4.35. The Morgan fingerprint density at radius 3 is 2.76 bits per heavy atom. The number of benzene rings is 1. The molecule has 1 N–H and O–H groups in total. The molecule has 2 heterocycles. The number of ether oxygens (including phenoxy) is 2. The van der Waals surface area contributed by atoms with Crippen molar-refractivity contribution in [1.29, 1.82) is 0 Å². The smallest absolute Gasteiger partial charge is 0.411 e. The van der Waals surface area contributed by atoms with E-state index in [4.69, 9.17) is 14.5 Å². The molecule has 1 aromatic heterocycles. The summed E-state index contributed by atoms with van der Waals surface area (Å²) in [5.74, 6) is 0.951. The van der Waals surface area contributed by atoms with Crippen molar-refractivity contribution in [3.63, 3.8) is 0 Å². The van der Waals surface area contributed by atoms with Crippen LogP contribution >= 0.6 is 0 Å². The molecule has 25 heavy (non-hydrogen) atoms. The van der Waals surface area contributed by atoms with E-state index in [0.717, 1.165) is 16.9 Å². The fourth-order valence-electron chi connectivity index (χ4n) is 3.04. The highest BCUT2D eigenvalue weighted by Gasteiger charge is 2.26. The van der Waals surface area contributed by atoms with Crippen LogP contribution in [0, 0.1) is 0 Å². The topological polar surface area (TPSA) is 76.8 Å². The van der Waals surface area contributed by atoms with Gasteiger partial charge in [0.15, 0.2) is 0 Å². The molecule has 136 valence electrons. The Labute approximate surface area is 147 Å². The van der Waals surface area contributed by atoms with E-state index in [9.17, 15) is 9.90 Å². The molecule has 1 aromatic carbocycles. The lowest BCUT2D eigenvalue weighted by Crippen LogP contribution is -2.33. The van der Waals surface area contributed by atoms with Gasteiger partial charge in [-0.2, -0.15) is 0 Å². The molecule has 1 aliphatic heterocycles. The SMILES string of the molecule is CN(C(=O)O)c1ccc2c(c1)nc(C(C)(C)C)n2CC1COCCO1. The second kappa shape index (κ2) is 6.65. The summed E-state index contributed by atoms with van der Waals surface area (Å²) in [6, 6.07) is 5.54. The summed E-state index contributed by atoms with van der Waals surface area (Å²) in [6.07, 6.45) is -1.00. The molecule has 1 amide bonds. The maximum absolute atomic E-state index is 11.2. The van der Waals surface area contributed by atoms with Crippen LogP contribution in [0.5, 0.6) is 0 Å².